The zero-order valence-corrected chi connectivity index (χ0v) is 16.7. The molecule has 4 rings (SSSR count). The standard InChI is InChI=1S/C21H29N3O2.ClH/c25-19(18-15-21(18)9-11-22-12-10-21)23-17-7-5-16(6-8-17)20(26)24-13-3-1-2-4-14-24;/h5-8,18,22H,1-4,9-15H2,(H,23,25);1H. The second-order valence-electron chi connectivity index (χ2n) is 8.14. The van der Waals surface area contributed by atoms with E-state index in [1.165, 1.54) is 12.8 Å². The molecule has 1 saturated carbocycles. The molecule has 0 bridgehead atoms. The predicted octanol–water partition coefficient (Wildman–Crippen LogP) is 3.45. The first-order valence-electron chi connectivity index (χ1n) is 10.1. The van der Waals surface area contributed by atoms with E-state index in [9.17, 15) is 9.59 Å². The molecule has 27 heavy (non-hydrogen) atoms. The molecule has 1 aromatic rings. The maximum Gasteiger partial charge on any atom is 0.253 e. The molecule has 1 atom stereocenters. The molecule has 1 unspecified atom stereocenters. The van der Waals surface area contributed by atoms with E-state index in [2.05, 4.69) is 10.6 Å². The van der Waals surface area contributed by atoms with Crippen LogP contribution in [0.1, 0.15) is 55.3 Å². The molecule has 0 radical (unpaired) electrons. The van der Waals surface area contributed by atoms with Crippen LogP contribution in [0.2, 0.25) is 0 Å². The molecule has 1 aromatic carbocycles. The molecule has 2 heterocycles. The zero-order valence-electron chi connectivity index (χ0n) is 15.8. The van der Waals surface area contributed by atoms with Crippen LogP contribution in [0.5, 0.6) is 0 Å². The van der Waals surface area contributed by atoms with Gasteiger partial charge in [0.25, 0.3) is 5.91 Å². The van der Waals surface area contributed by atoms with Gasteiger partial charge >= 0.3 is 0 Å². The van der Waals surface area contributed by atoms with E-state index in [-0.39, 0.29) is 35.6 Å². The van der Waals surface area contributed by atoms with Gasteiger partial charge in [0.05, 0.1) is 0 Å². The third-order valence-corrected chi connectivity index (χ3v) is 6.40. The van der Waals surface area contributed by atoms with Crippen LogP contribution in [-0.4, -0.2) is 42.9 Å². The fraction of sp³-hybridized carbons (Fsp3) is 0.619. The van der Waals surface area contributed by atoms with E-state index < -0.39 is 0 Å². The van der Waals surface area contributed by atoms with E-state index in [0.29, 0.717) is 5.56 Å². The fourth-order valence-corrected chi connectivity index (χ4v) is 4.58. The third-order valence-electron chi connectivity index (χ3n) is 6.40. The minimum absolute atomic E-state index is 0. The Morgan fingerprint density at radius 2 is 1.63 bits per heavy atom. The molecule has 2 amide bonds. The first-order chi connectivity index (χ1) is 12.7. The van der Waals surface area contributed by atoms with Crippen molar-refractivity contribution in [2.24, 2.45) is 11.3 Å². The van der Waals surface area contributed by atoms with Gasteiger partial charge in [0.2, 0.25) is 5.91 Å². The lowest BCUT2D eigenvalue weighted by Crippen LogP contribution is -2.32. The van der Waals surface area contributed by atoms with Crippen LogP contribution in [0.25, 0.3) is 0 Å². The van der Waals surface area contributed by atoms with Crippen molar-refractivity contribution in [1.29, 1.82) is 0 Å². The summed E-state index contributed by atoms with van der Waals surface area (Å²) in [6.45, 7) is 3.76. The average molecular weight is 392 g/mol. The minimum atomic E-state index is 0. The van der Waals surface area contributed by atoms with Crippen LogP contribution in [0.15, 0.2) is 24.3 Å². The highest BCUT2D eigenvalue weighted by atomic mass is 35.5. The first-order valence-corrected chi connectivity index (χ1v) is 10.1. The number of carbonyl (C=O) groups is 2. The molecule has 2 saturated heterocycles. The Balaban J connectivity index is 0.00000210. The molecule has 2 aliphatic heterocycles. The van der Waals surface area contributed by atoms with Crippen molar-refractivity contribution < 1.29 is 9.59 Å². The van der Waals surface area contributed by atoms with Crippen molar-refractivity contribution in [2.45, 2.75) is 44.9 Å². The number of nitrogens with one attached hydrogen (secondary N) is 2. The van der Waals surface area contributed by atoms with Gasteiger partial charge in [-0.15, -0.1) is 12.4 Å². The summed E-state index contributed by atoms with van der Waals surface area (Å²) in [4.78, 5) is 27.1. The maximum atomic E-state index is 12.6. The minimum Gasteiger partial charge on any atom is -0.339 e. The molecule has 148 valence electrons. The Hall–Kier alpha value is -1.59. The van der Waals surface area contributed by atoms with Gasteiger partial charge in [0, 0.05) is 30.3 Å². The molecular formula is C21H30ClN3O2. The van der Waals surface area contributed by atoms with E-state index in [1.54, 1.807) is 0 Å². The van der Waals surface area contributed by atoms with Crippen molar-refractivity contribution in [2.75, 3.05) is 31.5 Å². The molecule has 0 aromatic heterocycles. The lowest BCUT2D eigenvalue weighted by Gasteiger charge is -2.23. The van der Waals surface area contributed by atoms with Crippen molar-refractivity contribution in [3.8, 4) is 0 Å². The van der Waals surface area contributed by atoms with Gasteiger partial charge in [-0.3, -0.25) is 9.59 Å². The van der Waals surface area contributed by atoms with Gasteiger partial charge in [-0.05, 0) is 74.9 Å². The lowest BCUT2D eigenvalue weighted by atomic mass is 9.92. The summed E-state index contributed by atoms with van der Waals surface area (Å²) in [6, 6.07) is 7.41. The monoisotopic (exact) mass is 391 g/mol. The summed E-state index contributed by atoms with van der Waals surface area (Å²) in [5.41, 5.74) is 1.75. The highest BCUT2D eigenvalue weighted by molar-refractivity contribution is 5.97. The SMILES string of the molecule is Cl.O=C(Nc1ccc(C(=O)N2CCCCCC2)cc1)C1CC12CCNCC2. The molecule has 1 spiro atoms. The first kappa shape index (κ1) is 20.2. The predicted molar refractivity (Wildman–Crippen MR) is 109 cm³/mol. The van der Waals surface area contributed by atoms with Crippen molar-refractivity contribution >= 4 is 29.9 Å². The molecule has 3 aliphatic rings. The summed E-state index contributed by atoms with van der Waals surface area (Å²) in [7, 11) is 0. The number of rotatable bonds is 3. The van der Waals surface area contributed by atoms with E-state index >= 15 is 0 Å². The molecule has 6 heteroatoms. The van der Waals surface area contributed by atoms with E-state index in [4.69, 9.17) is 0 Å². The van der Waals surface area contributed by atoms with Gasteiger partial charge in [-0.25, -0.2) is 0 Å². The van der Waals surface area contributed by atoms with Crippen LogP contribution in [0, 0.1) is 11.3 Å². The smallest absolute Gasteiger partial charge is 0.253 e. The van der Waals surface area contributed by atoms with Crippen LogP contribution in [0.3, 0.4) is 0 Å². The molecule has 5 nitrogen and oxygen atoms in total. The number of halogens is 1. The number of piperidine rings is 1. The number of benzene rings is 1. The summed E-state index contributed by atoms with van der Waals surface area (Å²) >= 11 is 0. The third kappa shape index (κ3) is 4.46. The molecule has 3 fully saturated rings. The van der Waals surface area contributed by atoms with E-state index in [0.717, 1.165) is 64.0 Å². The topological polar surface area (TPSA) is 61.4 Å². The molecule has 2 N–H and O–H groups in total. The Kier molecular flexibility index (Phi) is 6.43. The Morgan fingerprint density at radius 1 is 1.00 bits per heavy atom. The summed E-state index contributed by atoms with van der Waals surface area (Å²) in [5, 5.41) is 6.42. The highest BCUT2D eigenvalue weighted by Gasteiger charge is 2.57. The second-order valence-corrected chi connectivity index (χ2v) is 8.14. The number of hydrogen-bond acceptors (Lipinski definition) is 3. The van der Waals surface area contributed by atoms with Gasteiger partial charge in [0.15, 0.2) is 0 Å². The van der Waals surface area contributed by atoms with Gasteiger partial charge in [0.1, 0.15) is 0 Å². The number of hydrogen-bond donors (Lipinski definition) is 2. The second kappa shape index (κ2) is 8.61. The van der Waals surface area contributed by atoms with Crippen molar-refractivity contribution in [3.05, 3.63) is 29.8 Å². The maximum absolute atomic E-state index is 12.6. The van der Waals surface area contributed by atoms with Gasteiger partial charge in [-0.1, -0.05) is 12.8 Å². The summed E-state index contributed by atoms with van der Waals surface area (Å²) in [5.74, 6) is 0.405. The van der Waals surface area contributed by atoms with Crippen LogP contribution < -0.4 is 10.6 Å². The fourth-order valence-electron chi connectivity index (χ4n) is 4.58. The Bertz CT molecular complexity index is 663. The number of anilines is 1. The number of amides is 2. The number of carbonyl (C=O) groups excluding carboxylic acids is 2. The van der Waals surface area contributed by atoms with Crippen molar-refractivity contribution in [1.82, 2.24) is 10.2 Å². The van der Waals surface area contributed by atoms with Crippen LogP contribution >= 0.6 is 12.4 Å². The number of nitrogens with zero attached hydrogens (tertiary/aromatic N) is 1. The largest absolute Gasteiger partial charge is 0.339 e. The molecular weight excluding hydrogens is 362 g/mol. The average Bonchev–Trinajstić information content (AvgIpc) is 3.42. The van der Waals surface area contributed by atoms with Gasteiger partial charge in [-0.2, -0.15) is 0 Å². The van der Waals surface area contributed by atoms with Crippen LogP contribution in [0.4, 0.5) is 5.69 Å². The molecule has 1 aliphatic carbocycles. The Morgan fingerprint density at radius 3 is 2.26 bits per heavy atom. The number of likely N-dealkylation sites (tertiary alicyclic amines) is 1. The van der Waals surface area contributed by atoms with Gasteiger partial charge < -0.3 is 15.5 Å². The highest BCUT2D eigenvalue weighted by Crippen LogP contribution is 2.58. The summed E-state index contributed by atoms with van der Waals surface area (Å²) < 4.78 is 0. The normalized spacial score (nSPS) is 23.9. The van der Waals surface area contributed by atoms with Crippen LogP contribution in [-0.2, 0) is 4.79 Å². The quantitative estimate of drug-likeness (QED) is 0.829. The van der Waals surface area contributed by atoms with Crippen molar-refractivity contribution in [3.63, 3.8) is 0 Å². The lowest BCUT2D eigenvalue weighted by molar-refractivity contribution is -0.118. The van der Waals surface area contributed by atoms with E-state index in [1.807, 2.05) is 29.2 Å². The zero-order chi connectivity index (χ0) is 18.0. The Labute approximate surface area is 167 Å². The summed E-state index contributed by atoms with van der Waals surface area (Å²) in [6.07, 6.45) is 7.85.